The number of aliphatic hydroxyl groups is 1. The lowest BCUT2D eigenvalue weighted by Gasteiger charge is -2.14. The highest BCUT2D eigenvalue weighted by molar-refractivity contribution is 7.80. The Morgan fingerprint density at radius 1 is 1.41 bits per heavy atom. The van der Waals surface area contributed by atoms with Crippen molar-refractivity contribution in [3.8, 4) is 5.75 Å². The van der Waals surface area contributed by atoms with Crippen LogP contribution in [0.5, 0.6) is 5.75 Å². The second-order valence-electron chi connectivity index (χ2n) is 2.98. The molecule has 17 heavy (non-hydrogen) atoms. The highest BCUT2D eigenvalue weighted by Gasteiger charge is 2.32. The fourth-order valence-corrected chi connectivity index (χ4v) is 1.42. The summed E-state index contributed by atoms with van der Waals surface area (Å²) in [6.45, 7) is 0. The molecular weight excluding hydrogens is 261 g/mol. The van der Waals surface area contributed by atoms with Crippen molar-refractivity contribution < 1.29 is 32.9 Å². The van der Waals surface area contributed by atoms with E-state index < -0.39 is 24.2 Å². The summed E-state index contributed by atoms with van der Waals surface area (Å²) in [6.07, 6.45) is -6.87. The molecule has 0 aromatic heterocycles. The van der Waals surface area contributed by atoms with Crippen molar-refractivity contribution in [2.45, 2.75) is 17.4 Å². The zero-order valence-corrected chi connectivity index (χ0v) is 9.00. The van der Waals surface area contributed by atoms with Crippen molar-refractivity contribution in [3.63, 3.8) is 0 Å². The predicted octanol–water partition coefficient (Wildman–Crippen LogP) is 1.99. The number of carbonyl (C=O) groups is 1. The minimum absolute atomic E-state index is 0.275. The standard InChI is InChI=1S/C9H7F3O4S/c10-9(11,12)16-5-3-1-2-4(7(5)17)6(13)8(14)15/h1-3,6,13,17H,(H,14,15). The number of aliphatic carboxylic acids is 1. The SMILES string of the molecule is O=C(O)C(O)c1cccc(OC(F)(F)F)c1S. The first-order chi connectivity index (χ1) is 7.72. The van der Waals surface area contributed by atoms with E-state index >= 15 is 0 Å². The van der Waals surface area contributed by atoms with Crippen LogP contribution in [0.2, 0.25) is 0 Å². The van der Waals surface area contributed by atoms with Crippen LogP contribution >= 0.6 is 12.6 Å². The zero-order valence-electron chi connectivity index (χ0n) is 8.10. The first-order valence-electron chi connectivity index (χ1n) is 4.21. The molecule has 1 unspecified atom stereocenters. The molecule has 1 aromatic carbocycles. The Kier molecular flexibility index (Phi) is 3.89. The number of alkyl halides is 3. The van der Waals surface area contributed by atoms with E-state index in [0.29, 0.717) is 0 Å². The first kappa shape index (κ1) is 13.7. The predicted molar refractivity (Wildman–Crippen MR) is 53.0 cm³/mol. The number of carboxylic acids is 1. The molecule has 0 spiro atoms. The summed E-state index contributed by atoms with van der Waals surface area (Å²) in [5.41, 5.74) is -0.275. The Labute approximate surface area is 99.0 Å². The molecule has 0 saturated carbocycles. The second-order valence-corrected chi connectivity index (χ2v) is 3.43. The van der Waals surface area contributed by atoms with Gasteiger partial charge >= 0.3 is 12.3 Å². The molecule has 0 amide bonds. The Morgan fingerprint density at radius 2 is 2.00 bits per heavy atom. The monoisotopic (exact) mass is 268 g/mol. The van der Waals surface area contributed by atoms with Gasteiger partial charge in [0.1, 0.15) is 5.75 Å². The molecule has 2 N–H and O–H groups in total. The van der Waals surface area contributed by atoms with Crippen molar-refractivity contribution in [2.75, 3.05) is 0 Å². The van der Waals surface area contributed by atoms with Crippen LogP contribution in [0.25, 0.3) is 0 Å². The van der Waals surface area contributed by atoms with Crippen LogP contribution in [0.4, 0.5) is 13.2 Å². The maximum atomic E-state index is 12.0. The third-order valence-electron chi connectivity index (χ3n) is 1.78. The van der Waals surface area contributed by atoms with Crippen molar-refractivity contribution >= 4 is 18.6 Å². The molecule has 8 heteroatoms. The minimum Gasteiger partial charge on any atom is -0.479 e. The van der Waals surface area contributed by atoms with E-state index in [1.54, 1.807) is 0 Å². The molecule has 94 valence electrons. The quantitative estimate of drug-likeness (QED) is 0.733. The smallest absolute Gasteiger partial charge is 0.479 e. The molecule has 0 aliphatic carbocycles. The third kappa shape index (κ3) is 3.53. The average Bonchev–Trinajstić information content (AvgIpc) is 2.18. The molecule has 1 rings (SSSR count). The summed E-state index contributed by atoms with van der Waals surface area (Å²) in [5.74, 6) is -2.26. The summed E-state index contributed by atoms with van der Waals surface area (Å²) in [7, 11) is 0. The topological polar surface area (TPSA) is 66.8 Å². The summed E-state index contributed by atoms with van der Waals surface area (Å²) in [6, 6.07) is 3.24. The minimum atomic E-state index is -4.91. The number of hydrogen-bond acceptors (Lipinski definition) is 4. The van der Waals surface area contributed by atoms with Crippen LogP contribution in [-0.2, 0) is 4.79 Å². The van der Waals surface area contributed by atoms with E-state index in [0.717, 1.165) is 18.2 Å². The maximum Gasteiger partial charge on any atom is 0.573 e. The van der Waals surface area contributed by atoms with Gasteiger partial charge in [-0.3, -0.25) is 0 Å². The molecule has 1 aromatic rings. The highest BCUT2D eigenvalue weighted by atomic mass is 32.1. The van der Waals surface area contributed by atoms with Gasteiger partial charge in [0.15, 0.2) is 6.10 Å². The van der Waals surface area contributed by atoms with Crippen molar-refractivity contribution in [3.05, 3.63) is 23.8 Å². The molecule has 4 nitrogen and oxygen atoms in total. The number of ether oxygens (including phenoxy) is 1. The van der Waals surface area contributed by atoms with E-state index in [1.807, 2.05) is 0 Å². The Hall–Kier alpha value is -1.41. The van der Waals surface area contributed by atoms with Gasteiger partial charge in [0.05, 0.1) is 4.90 Å². The molecule has 0 bridgehead atoms. The van der Waals surface area contributed by atoms with Crippen molar-refractivity contribution in [2.24, 2.45) is 0 Å². The second kappa shape index (κ2) is 4.84. The number of rotatable bonds is 3. The van der Waals surface area contributed by atoms with E-state index in [1.165, 1.54) is 0 Å². The Balaban J connectivity index is 3.12. The van der Waals surface area contributed by atoms with Crippen molar-refractivity contribution in [1.29, 1.82) is 0 Å². The van der Waals surface area contributed by atoms with E-state index in [4.69, 9.17) is 5.11 Å². The average molecular weight is 268 g/mol. The van der Waals surface area contributed by atoms with Gasteiger partial charge < -0.3 is 14.9 Å². The third-order valence-corrected chi connectivity index (χ3v) is 2.26. The van der Waals surface area contributed by atoms with Gasteiger partial charge in [0, 0.05) is 5.56 Å². The van der Waals surface area contributed by atoms with E-state index in [9.17, 15) is 23.1 Å². The van der Waals surface area contributed by atoms with Crippen LogP contribution in [0.1, 0.15) is 11.7 Å². The van der Waals surface area contributed by atoms with Gasteiger partial charge in [-0.05, 0) is 6.07 Å². The highest BCUT2D eigenvalue weighted by Crippen LogP contribution is 2.33. The number of aliphatic hydroxyl groups excluding tert-OH is 1. The number of halogens is 3. The molecule has 0 radical (unpaired) electrons. The molecule has 0 fully saturated rings. The van der Waals surface area contributed by atoms with Crippen LogP contribution < -0.4 is 4.74 Å². The number of hydrogen-bond donors (Lipinski definition) is 3. The van der Waals surface area contributed by atoms with Gasteiger partial charge in [0.2, 0.25) is 0 Å². The van der Waals surface area contributed by atoms with E-state index in [2.05, 4.69) is 17.4 Å². The van der Waals surface area contributed by atoms with Crippen LogP contribution in [0.3, 0.4) is 0 Å². The van der Waals surface area contributed by atoms with Gasteiger partial charge in [-0.15, -0.1) is 25.8 Å². The van der Waals surface area contributed by atoms with Gasteiger partial charge in [-0.1, -0.05) is 12.1 Å². The lowest BCUT2D eigenvalue weighted by atomic mass is 10.1. The maximum absolute atomic E-state index is 12.0. The fraction of sp³-hybridized carbons (Fsp3) is 0.222. The van der Waals surface area contributed by atoms with Crippen LogP contribution in [0.15, 0.2) is 23.1 Å². The molecular formula is C9H7F3O4S. The summed E-state index contributed by atoms with van der Waals surface area (Å²) >= 11 is 3.71. The lowest BCUT2D eigenvalue weighted by molar-refractivity contribution is -0.275. The molecule has 0 heterocycles. The van der Waals surface area contributed by atoms with Gasteiger partial charge in [-0.25, -0.2) is 4.79 Å². The van der Waals surface area contributed by atoms with Crippen molar-refractivity contribution in [1.82, 2.24) is 0 Å². The largest absolute Gasteiger partial charge is 0.573 e. The fourth-order valence-electron chi connectivity index (χ4n) is 1.10. The molecule has 1 atom stereocenters. The number of benzene rings is 1. The normalized spacial score (nSPS) is 13.2. The summed E-state index contributed by atoms with van der Waals surface area (Å²) in [5, 5.41) is 17.8. The lowest BCUT2D eigenvalue weighted by Crippen LogP contribution is -2.18. The van der Waals surface area contributed by atoms with Gasteiger partial charge in [0.25, 0.3) is 0 Å². The van der Waals surface area contributed by atoms with Gasteiger partial charge in [-0.2, -0.15) is 0 Å². The Bertz CT molecular complexity index is 433. The van der Waals surface area contributed by atoms with Crippen LogP contribution in [0, 0.1) is 0 Å². The summed E-state index contributed by atoms with van der Waals surface area (Å²) in [4.78, 5) is 10.1. The number of thiol groups is 1. The Morgan fingerprint density at radius 3 is 2.47 bits per heavy atom. The molecule has 0 saturated heterocycles. The summed E-state index contributed by atoms with van der Waals surface area (Å²) < 4.78 is 39.6. The first-order valence-corrected chi connectivity index (χ1v) is 4.65. The van der Waals surface area contributed by atoms with E-state index in [-0.39, 0.29) is 10.5 Å². The molecule has 0 aliphatic heterocycles. The zero-order chi connectivity index (χ0) is 13.2. The molecule has 0 aliphatic rings. The van der Waals surface area contributed by atoms with Crippen LogP contribution in [-0.4, -0.2) is 22.5 Å². The number of carboxylic acid groups (broad SMARTS) is 1.